The van der Waals surface area contributed by atoms with Gasteiger partial charge in [-0.3, -0.25) is 9.89 Å². The predicted molar refractivity (Wildman–Crippen MR) is 97.5 cm³/mol. The molecule has 132 valence electrons. The van der Waals surface area contributed by atoms with Gasteiger partial charge in [-0.2, -0.15) is 5.10 Å². The van der Waals surface area contributed by atoms with Crippen LogP contribution in [0.5, 0.6) is 11.5 Å². The molecule has 0 radical (unpaired) electrons. The van der Waals surface area contributed by atoms with Crippen LogP contribution in [0.2, 0.25) is 0 Å². The first-order valence-corrected chi connectivity index (χ1v) is 8.47. The molecule has 1 amide bonds. The van der Waals surface area contributed by atoms with E-state index in [1.54, 1.807) is 7.11 Å². The van der Waals surface area contributed by atoms with Gasteiger partial charge in [0.2, 0.25) is 0 Å². The lowest BCUT2D eigenvalue weighted by molar-refractivity contribution is 0.0955. The number of methoxy groups -OCH3 is 1. The number of nitrogens with one attached hydrogen (secondary N) is 2. The Bertz CT molecular complexity index is 947. The highest BCUT2D eigenvalue weighted by molar-refractivity contribution is 6.00. The van der Waals surface area contributed by atoms with Crippen molar-refractivity contribution in [2.45, 2.75) is 13.0 Å². The van der Waals surface area contributed by atoms with Crippen LogP contribution in [0.4, 0.5) is 0 Å². The maximum Gasteiger partial charge on any atom is 0.270 e. The molecule has 2 N–H and O–H groups in total. The molecule has 1 aliphatic heterocycles. The Morgan fingerprint density at radius 2 is 1.92 bits per heavy atom. The van der Waals surface area contributed by atoms with Crippen LogP contribution < -0.4 is 14.8 Å². The molecule has 0 bridgehead atoms. The zero-order valence-electron chi connectivity index (χ0n) is 14.6. The number of aromatic amines is 1. The molecule has 0 saturated heterocycles. The number of amides is 1. The van der Waals surface area contributed by atoms with Gasteiger partial charge in [-0.15, -0.1) is 0 Å². The lowest BCUT2D eigenvalue weighted by Gasteiger charge is -2.14. The van der Waals surface area contributed by atoms with Crippen LogP contribution in [0.25, 0.3) is 11.3 Å². The first-order chi connectivity index (χ1) is 12.7. The number of carbonyl (C=O) groups is 1. The minimum atomic E-state index is -0.256. The number of fused-ring (bicyclic) bond motifs is 1. The minimum absolute atomic E-state index is 0.152. The number of carbonyl (C=O) groups excluding carboxylic acids is 1. The largest absolute Gasteiger partial charge is 0.497 e. The van der Waals surface area contributed by atoms with E-state index in [1.807, 2.05) is 55.5 Å². The third-order valence-electron chi connectivity index (χ3n) is 4.46. The van der Waals surface area contributed by atoms with Crippen molar-refractivity contribution >= 4 is 5.91 Å². The monoisotopic (exact) mass is 349 g/mol. The number of hydrogen-bond acceptors (Lipinski definition) is 4. The second-order valence-electron chi connectivity index (χ2n) is 6.00. The van der Waals surface area contributed by atoms with E-state index in [1.165, 1.54) is 0 Å². The lowest BCUT2D eigenvalue weighted by atomic mass is 9.96. The van der Waals surface area contributed by atoms with Gasteiger partial charge in [0.05, 0.1) is 25.5 Å². The molecule has 1 unspecified atom stereocenters. The van der Waals surface area contributed by atoms with E-state index >= 15 is 0 Å². The van der Waals surface area contributed by atoms with Crippen molar-refractivity contribution in [3.8, 4) is 22.8 Å². The van der Waals surface area contributed by atoms with E-state index in [9.17, 15) is 4.79 Å². The average molecular weight is 349 g/mol. The van der Waals surface area contributed by atoms with Crippen molar-refractivity contribution in [3.63, 3.8) is 0 Å². The second kappa shape index (κ2) is 6.55. The molecule has 1 atom stereocenters. The van der Waals surface area contributed by atoms with Crippen LogP contribution in [-0.4, -0.2) is 29.8 Å². The summed E-state index contributed by atoms with van der Waals surface area (Å²) in [7, 11) is 1.63. The number of aromatic nitrogens is 2. The van der Waals surface area contributed by atoms with E-state index in [4.69, 9.17) is 9.47 Å². The summed E-state index contributed by atoms with van der Waals surface area (Å²) in [4.78, 5) is 12.4. The van der Waals surface area contributed by atoms with Crippen LogP contribution in [0.1, 0.15) is 34.6 Å². The molecule has 26 heavy (non-hydrogen) atoms. The van der Waals surface area contributed by atoms with Gasteiger partial charge in [-0.25, -0.2) is 0 Å². The maximum atomic E-state index is 12.4. The van der Waals surface area contributed by atoms with Crippen LogP contribution in [0.15, 0.2) is 48.5 Å². The quantitative estimate of drug-likeness (QED) is 0.741. The Labute approximate surface area is 151 Å². The molecule has 2 aromatic carbocycles. The molecule has 3 aromatic rings. The Hall–Kier alpha value is -3.28. The Balaban J connectivity index is 1.76. The van der Waals surface area contributed by atoms with Crippen molar-refractivity contribution in [1.82, 2.24) is 15.5 Å². The summed E-state index contributed by atoms with van der Waals surface area (Å²) < 4.78 is 10.8. The first-order valence-electron chi connectivity index (χ1n) is 8.47. The smallest absolute Gasteiger partial charge is 0.270 e. The molecule has 0 spiro atoms. The van der Waals surface area contributed by atoms with Crippen molar-refractivity contribution in [2.24, 2.45) is 0 Å². The van der Waals surface area contributed by atoms with Gasteiger partial charge in [-0.05, 0) is 36.8 Å². The van der Waals surface area contributed by atoms with Gasteiger partial charge >= 0.3 is 0 Å². The van der Waals surface area contributed by atoms with Crippen molar-refractivity contribution < 1.29 is 14.3 Å². The highest BCUT2D eigenvalue weighted by atomic mass is 16.5. The van der Waals surface area contributed by atoms with Crippen LogP contribution >= 0.6 is 0 Å². The van der Waals surface area contributed by atoms with Crippen molar-refractivity contribution in [2.75, 3.05) is 13.7 Å². The molecular formula is C20H19N3O3. The number of rotatable bonds is 5. The molecule has 2 heterocycles. The van der Waals surface area contributed by atoms with E-state index in [0.29, 0.717) is 12.3 Å². The van der Waals surface area contributed by atoms with Crippen molar-refractivity contribution in [3.05, 3.63) is 65.4 Å². The van der Waals surface area contributed by atoms with Gasteiger partial charge in [0, 0.05) is 11.1 Å². The van der Waals surface area contributed by atoms with Crippen molar-refractivity contribution in [1.29, 1.82) is 0 Å². The third kappa shape index (κ3) is 2.69. The SMILES string of the molecule is CCOc1ccc(C2NC(=O)c3[nH]nc(-c4cccc(OC)c4)c32)cc1. The number of benzene rings is 2. The first kappa shape index (κ1) is 16.2. The average Bonchev–Trinajstić information content (AvgIpc) is 3.24. The molecule has 0 saturated carbocycles. The number of hydrogen-bond donors (Lipinski definition) is 2. The summed E-state index contributed by atoms with van der Waals surface area (Å²) in [6.07, 6.45) is 0. The summed E-state index contributed by atoms with van der Waals surface area (Å²) in [6.45, 7) is 2.56. The fourth-order valence-corrected chi connectivity index (χ4v) is 3.24. The Morgan fingerprint density at radius 3 is 2.65 bits per heavy atom. The van der Waals surface area contributed by atoms with E-state index in [2.05, 4.69) is 15.5 Å². The standard InChI is InChI=1S/C20H19N3O3/c1-3-26-14-9-7-12(8-10-14)17-16-18(22-23-19(16)20(24)21-17)13-5-4-6-15(11-13)25-2/h4-11,17H,3H2,1-2H3,(H,21,24)(H,22,23). The number of nitrogens with zero attached hydrogens (tertiary/aromatic N) is 1. The number of H-pyrrole nitrogens is 1. The zero-order chi connectivity index (χ0) is 18.1. The summed E-state index contributed by atoms with van der Waals surface area (Å²) in [5.41, 5.74) is 3.98. The fourth-order valence-electron chi connectivity index (χ4n) is 3.24. The van der Waals surface area contributed by atoms with Gasteiger partial charge in [-0.1, -0.05) is 24.3 Å². The highest BCUT2D eigenvalue weighted by Crippen LogP contribution is 2.38. The summed E-state index contributed by atoms with van der Waals surface area (Å²) in [5.74, 6) is 1.40. The minimum Gasteiger partial charge on any atom is -0.497 e. The molecule has 1 aromatic heterocycles. The normalized spacial score (nSPS) is 15.5. The predicted octanol–water partition coefficient (Wildman–Crippen LogP) is 3.32. The summed E-state index contributed by atoms with van der Waals surface area (Å²) >= 11 is 0. The van der Waals surface area contributed by atoms with Gasteiger partial charge in [0.15, 0.2) is 0 Å². The maximum absolute atomic E-state index is 12.4. The summed E-state index contributed by atoms with van der Waals surface area (Å²) in [5, 5.41) is 10.3. The zero-order valence-corrected chi connectivity index (χ0v) is 14.6. The van der Waals surface area contributed by atoms with Gasteiger partial charge in [0.25, 0.3) is 5.91 Å². The van der Waals surface area contributed by atoms with Crippen LogP contribution in [0, 0.1) is 0 Å². The van der Waals surface area contributed by atoms with Gasteiger partial charge in [0.1, 0.15) is 17.2 Å². The van der Waals surface area contributed by atoms with Crippen LogP contribution in [0.3, 0.4) is 0 Å². The van der Waals surface area contributed by atoms with E-state index in [0.717, 1.165) is 33.9 Å². The van der Waals surface area contributed by atoms with Gasteiger partial charge < -0.3 is 14.8 Å². The molecular weight excluding hydrogens is 330 g/mol. The molecule has 6 heteroatoms. The van der Waals surface area contributed by atoms with E-state index < -0.39 is 0 Å². The Morgan fingerprint density at radius 1 is 1.12 bits per heavy atom. The topological polar surface area (TPSA) is 76.2 Å². The highest BCUT2D eigenvalue weighted by Gasteiger charge is 2.35. The summed E-state index contributed by atoms with van der Waals surface area (Å²) in [6, 6.07) is 15.2. The lowest BCUT2D eigenvalue weighted by Crippen LogP contribution is -2.21. The fraction of sp³-hybridized carbons (Fsp3) is 0.200. The molecule has 4 rings (SSSR count). The molecule has 6 nitrogen and oxygen atoms in total. The number of ether oxygens (including phenoxy) is 2. The molecule has 0 aliphatic carbocycles. The Kier molecular flexibility index (Phi) is 4.08. The van der Waals surface area contributed by atoms with E-state index in [-0.39, 0.29) is 11.9 Å². The third-order valence-corrected chi connectivity index (χ3v) is 4.46. The molecule has 1 aliphatic rings. The van der Waals surface area contributed by atoms with Crippen LogP contribution in [-0.2, 0) is 0 Å². The molecule has 0 fully saturated rings. The second-order valence-corrected chi connectivity index (χ2v) is 6.00.